The summed E-state index contributed by atoms with van der Waals surface area (Å²) in [5.74, 6) is -1.04. The van der Waals surface area contributed by atoms with Crippen LogP contribution in [0.5, 0.6) is 0 Å². The van der Waals surface area contributed by atoms with E-state index in [2.05, 4.69) is 13.8 Å². The fourth-order valence-electron chi connectivity index (χ4n) is 4.30. The lowest BCUT2D eigenvalue weighted by molar-refractivity contribution is -0.147. The van der Waals surface area contributed by atoms with Crippen molar-refractivity contribution in [1.82, 2.24) is 9.80 Å². The van der Waals surface area contributed by atoms with Crippen LogP contribution in [-0.2, 0) is 19.1 Å². The highest BCUT2D eigenvalue weighted by Crippen LogP contribution is 2.24. The van der Waals surface area contributed by atoms with E-state index < -0.39 is 11.9 Å². The Labute approximate surface area is 229 Å². The lowest BCUT2D eigenvalue weighted by Gasteiger charge is -2.17. The van der Waals surface area contributed by atoms with Crippen molar-refractivity contribution in [2.45, 2.75) is 123 Å². The third kappa shape index (κ3) is 21.2. The SMILES string of the molecule is CCCCCCCCCCC(CCCCCCCCC)=C(C(=O)OCCN(C)C)C(=O)OCCN(C)C. The first-order valence-electron chi connectivity index (χ1n) is 15.2. The molecule has 0 N–H and O–H groups in total. The van der Waals surface area contributed by atoms with Crippen LogP contribution < -0.4 is 0 Å². The molecule has 0 aromatic heterocycles. The highest BCUT2D eigenvalue weighted by molar-refractivity contribution is 6.14. The number of esters is 2. The predicted octanol–water partition coefficient (Wildman–Crippen LogP) is 7.16. The van der Waals surface area contributed by atoms with E-state index in [1.165, 1.54) is 70.6 Å². The number of allylic oxidation sites excluding steroid dienone is 1. The molecule has 0 rings (SSSR count). The van der Waals surface area contributed by atoms with Gasteiger partial charge in [-0.25, -0.2) is 9.59 Å². The smallest absolute Gasteiger partial charge is 0.345 e. The van der Waals surface area contributed by atoms with Gasteiger partial charge in [0.2, 0.25) is 0 Å². The van der Waals surface area contributed by atoms with Crippen molar-refractivity contribution >= 4 is 11.9 Å². The minimum Gasteiger partial charge on any atom is -0.461 e. The molecule has 0 radical (unpaired) electrons. The van der Waals surface area contributed by atoms with Crippen LogP contribution in [0.15, 0.2) is 11.1 Å². The lowest BCUT2D eigenvalue weighted by Crippen LogP contribution is -2.26. The molecule has 0 fully saturated rings. The summed E-state index contributed by atoms with van der Waals surface area (Å²) >= 11 is 0. The standard InChI is InChI=1S/C31H60N2O4/c1-7-9-11-13-15-17-19-21-23-28(22-20-18-16-14-12-10-8-2)29(30(34)36-26-24-32(3)4)31(35)37-27-25-33(5)6/h7-27H2,1-6H3. The molecular formula is C31H60N2O4. The zero-order chi connectivity index (χ0) is 27.7. The molecule has 0 aliphatic rings. The Kier molecular flexibility index (Phi) is 24.0. The molecule has 218 valence electrons. The Balaban J connectivity index is 5.32. The quantitative estimate of drug-likeness (QED) is 0.0415. The number of nitrogens with zero attached hydrogens (tertiary/aromatic N) is 2. The Hall–Kier alpha value is -1.40. The summed E-state index contributed by atoms with van der Waals surface area (Å²) in [6.45, 7) is 6.26. The summed E-state index contributed by atoms with van der Waals surface area (Å²) in [5, 5.41) is 0. The molecular weight excluding hydrogens is 464 g/mol. The van der Waals surface area contributed by atoms with Crippen molar-refractivity contribution in [3.05, 3.63) is 11.1 Å². The van der Waals surface area contributed by atoms with Crippen molar-refractivity contribution in [1.29, 1.82) is 0 Å². The van der Waals surface area contributed by atoms with E-state index >= 15 is 0 Å². The second kappa shape index (κ2) is 24.9. The molecule has 0 saturated carbocycles. The van der Waals surface area contributed by atoms with Gasteiger partial charge in [-0.15, -0.1) is 0 Å². The van der Waals surface area contributed by atoms with Gasteiger partial charge in [-0.05, 0) is 59.4 Å². The summed E-state index contributed by atoms with van der Waals surface area (Å²) in [6.07, 6.45) is 19.8. The second-order valence-electron chi connectivity index (χ2n) is 11.0. The number of carbonyl (C=O) groups is 2. The van der Waals surface area contributed by atoms with Gasteiger partial charge >= 0.3 is 11.9 Å². The third-order valence-corrected chi connectivity index (χ3v) is 6.72. The Bertz CT molecular complexity index is 574. The van der Waals surface area contributed by atoms with Crippen LogP contribution in [0.2, 0.25) is 0 Å². The molecule has 0 heterocycles. The summed E-state index contributed by atoms with van der Waals surface area (Å²) < 4.78 is 11.1. The highest BCUT2D eigenvalue weighted by Gasteiger charge is 2.26. The number of ether oxygens (including phenoxy) is 2. The Morgan fingerprint density at radius 2 is 0.838 bits per heavy atom. The van der Waals surface area contributed by atoms with Crippen molar-refractivity contribution in [3.8, 4) is 0 Å². The van der Waals surface area contributed by atoms with Gasteiger partial charge in [-0.3, -0.25) is 0 Å². The van der Waals surface area contributed by atoms with Crippen molar-refractivity contribution in [2.75, 3.05) is 54.5 Å². The first kappa shape index (κ1) is 35.6. The number of hydrogen-bond donors (Lipinski definition) is 0. The van der Waals surface area contributed by atoms with Crippen molar-refractivity contribution in [2.24, 2.45) is 0 Å². The molecule has 0 atom stereocenters. The summed E-state index contributed by atoms with van der Waals surface area (Å²) in [6, 6.07) is 0. The van der Waals surface area contributed by atoms with Gasteiger partial charge in [0, 0.05) is 13.1 Å². The van der Waals surface area contributed by atoms with Gasteiger partial charge in [0.1, 0.15) is 18.8 Å². The van der Waals surface area contributed by atoms with E-state index in [1.54, 1.807) is 0 Å². The van der Waals surface area contributed by atoms with Crippen LogP contribution in [0.4, 0.5) is 0 Å². The first-order chi connectivity index (χ1) is 17.8. The highest BCUT2D eigenvalue weighted by atomic mass is 16.6. The van der Waals surface area contributed by atoms with Gasteiger partial charge in [-0.2, -0.15) is 0 Å². The van der Waals surface area contributed by atoms with Crippen LogP contribution in [0.1, 0.15) is 123 Å². The van der Waals surface area contributed by atoms with Crippen LogP contribution in [0, 0.1) is 0 Å². The molecule has 37 heavy (non-hydrogen) atoms. The fourth-order valence-corrected chi connectivity index (χ4v) is 4.30. The average molecular weight is 525 g/mol. The van der Waals surface area contributed by atoms with E-state index in [0.29, 0.717) is 13.1 Å². The molecule has 6 nitrogen and oxygen atoms in total. The Morgan fingerprint density at radius 1 is 0.514 bits per heavy atom. The normalized spacial score (nSPS) is 11.2. The monoisotopic (exact) mass is 524 g/mol. The first-order valence-corrected chi connectivity index (χ1v) is 15.2. The average Bonchev–Trinajstić information content (AvgIpc) is 2.84. The third-order valence-electron chi connectivity index (χ3n) is 6.72. The molecule has 6 heteroatoms. The molecule has 0 aliphatic heterocycles. The maximum atomic E-state index is 13.1. The fraction of sp³-hybridized carbons (Fsp3) is 0.871. The number of rotatable bonds is 25. The van der Waals surface area contributed by atoms with E-state index in [4.69, 9.17) is 9.47 Å². The van der Waals surface area contributed by atoms with Crippen molar-refractivity contribution in [3.63, 3.8) is 0 Å². The van der Waals surface area contributed by atoms with Gasteiger partial charge in [0.25, 0.3) is 0 Å². The molecule has 0 aromatic rings. The minimum absolute atomic E-state index is 0.159. The largest absolute Gasteiger partial charge is 0.461 e. The molecule has 0 bridgehead atoms. The molecule has 0 saturated heterocycles. The van der Waals surface area contributed by atoms with E-state index in [9.17, 15) is 9.59 Å². The van der Waals surface area contributed by atoms with Crippen LogP contribution in [-0.4, -0.2) is 76.2 Å². The summed E-state index contributed by atoms with van der Waals surface area (Å²) in [5.41, 5.74) is 1.09. The lowest BCUT2D eigenvalue weighted by atomic mass is 9.95. The molecule has 0 aromatic carbocycles. The van der Waals surface area contributed by atoms with Crippen molar-refractivity contribution < 1.29 is 19.1 Å². The zero-order valence-corrected chi connectivity index (χ0v) is 25.4. The number of hydrogen-bond acceptors (Lipinski definition) is 6. The van der Waals surface area contributed by atoms with Gasteiger partial charge in [-0.1, -0.05) is 97.3 Å². The van der Waals surface area contributed by atoms with E-state index in [-0.39, 0.29) is 18.8 Å². The second-order valence-corrected chi connectivity index (χ2v) is 11.0. The minimum atomic E-state index is -0.519. The molecule has 0 aliphatic carbocycles. The number of carbonyl (C=O) groups excluding carboxylic acids is 2. The summed E-state index contributed by atoms with van der Waals surface area (Å²) in [7, 11) is 7.76. The van der Waals surface area contributed by atoms with E-state index in [0.717, 1.165) is 44.1 Å². The van der Waals surface area contributed by atoms with Gasteiger partial charge in [0.15, 0.2) is 0 Å². The van der Waals surface area contributed by atoms with Gasteiger partial charge < -0.3 is 19.3 Å². The number of likely N-dealkylation sites (N-methyl/N-ethyl adjacent to an activating group) is 2. The molecule has 0 amide bonds. The Morgan fingerprint density at radius 3 is 1.16 bits per heavy atom. The molecule has 0 unspecified atom stereocenters. The maximum absolute atomic E-state index is 13.1. The van der Waals surface area contributed by atoms with Crippen LogP contribution in [0.25, 0.3) is 0 Å². The van der Waals surface area contributed by atoms with Gasteiger partial charge in [0.05, 0.1) is 0 Å². The van der Waals surface area contributed by atoms with E-state index in [1.807, 2.05) is 38.0 Å². The van der Waals surface area contributed by atoms with Crippen LogP contribution in [0.3, 0.4) is 0 Å². The molecule has 0 spiro atoms. The topological polar surface area (TPSA) is 59.1 Å². The maximum Gasteiger partial charge on any atom is 0.345 e. The predicted molar refractivity (Wildman–Crippen MR) is 156 cm³/mol. The number of unbranched alkanes of at least 4 members (excludes halogenated alkanes) is 13. The summed E-state index contributed by atoms with van der Waals surface area (Å²) in [4.78, 5) is 30.2. The van der Waals surface area contributed by atoms with Crippen LogP contribution >= 0.6 is 0 Å². The zero-order valence-electron chi connectivity index (χ0n) is 25.4.